The second-order valence-electron chi connectivity index (χ2n) is 4.98. The van der Waals surface area contributed by atoms with E-state index >= 15 is 0 Å². The molecule has 17 heavy (non-hydrogen) atoms. The highest BCUT2D eigenvalue weighted by Gasteiger charge is 2.50. The fourth-order valence-corrected chi connectivity index (χ4v) is 3.18. The summed E-state index contributed by atoms with van der Waals surface area (Å²) in [7, 11) is -2.25. The maximum absolute atomic E-state index is 11.7. The van der Waals surface area contributed by atoms with E-state index in [1.807, 2.05) is 13.8 Å². The summed E-state index contributed by atoms with van der Waals surface area (Å²) in [4.78, 5) is 10.7. The summed E-state index contributed by atoms with van der Waals surface area (Å²) in [6.45, 7) is 4.94. The van der Waals surface area contributed by atoms with Crippen molar-refractivity contribution in [2.24, 2.45) is 5.41 Å². The van der Waals surface area contributed by atoms with E-state index in [4.69, 9.17) is 9.84 Å². The molecule has 3 atom stereocenters. The number of rotatable bonds is 5. The minimum Gasteiger partial charge on any atom is -0.480 e. The molecule has 0 aromatic heterocycles. The van der Waals surface area contributed by atoms with Crippen molar-refractivity contribution in [1.29, 1.82) is 0 Å². The first-order valence-corrected chi connectivity index (χ1v) is 6.94. The Morgan fingerprint density at radius 2 is 2.06 bits per heavy atom. The van der Waals surface area contributed by atoms with E-state index < -0.39 is 21.2 Å². The number of methoxy groups -OCH3 is 1. The minimum atomic E-state index is -3.83. The first-order valence-electron chi connectivity index (χ1n) is 5.39. The molecule has 0 aromatic carbocycles. The average molecular weight is 265 g/mol. The van der Waals surface area contributed by atoms with Crippen molar-refractivity contribution in [3.05, 3.63) is 0 Å². The Hall–Kier alpha value is -0.660. The van der Waals surface area contributed by atoms with Gasteiger partial charge in [-0.25, -0.2) is 13.1 Å². The van der Waals surface area contributed by atoms with Crippen molar-refractivity contribution >= 4 is 16.0 Å². The summed E-state index contributed by atoms with van der Waals surface area (Å²) in [5, 5.41) is 7.26. The third-order valence-electron chi connectivity index (χ3n) is 3.58. The van der Waals surface area contributed by atoms with Crippen molar-refractivity contribution in [3.63, 3.8) is 0 Å². The number of sulfonamides is 1. The summed E-state index contributed by atoms with van der Waals surface area (Å²) >= 11 is 0. The molecule has 1 aliphatic carbocycles. The van der Waals surface area contributed by atoms with Gasteiger partial charge in [0.05, 0.1) is 6.10 Å². The van der Waals surface area contributed by atoms with E-state index in [1.165, 1.54) is 0 Å². The van der Waals surface area contributed by atoms with Crippen LogP contribution in [0.1, 0.15) is 27.2 Å². The van der Waals surface area contributed by atoms with Crippen molar-refractivity contribution in [1.82, 2.24) is 4.72 Å². The quantitative estimate of drug-likeness (QED) is 0.740. The van der Waals surface area contributed by atoms with E-state index in [9.17, 15) is 13.2 Å². The maximum atomic E-state index is 11.7. The Kier molecular flexibility index (Phi) is 3.85. The van der Waals surface area contributed by atoms with Gasteiger partial charge in [-0.15, -0.1) is 0 Å². The van der Waals surface area contributed by atoms with E-state index in [-0.39, 0.29) is 17.6 Å². The second kappa shape index (κ2) is 4.55. The van der Waals surface area contributed by atoms with Gasteiger partial charge in [0.1, 0.15) is 0 Å². The van der Waals surface area contributed by atoms with Gasteiger partial charge in [0.15, 0.2) is 5.25 Å². The molecule has 1 saturated carbocycles. The third kappa shape index (κ3) is 2.61. The molecule has 0 spiro atoms. The van der Waals surface area contributed by atoms with Crippen LogP contribution in [0.4, 0.5) is 0 Å². The van der Waals surface area contributed by atoms with Crippen LogP contribution < -0.4 is 4.72 Å². The fourth-order valence-electron chi connectivity index (χ4n) is 1.92. The molecule has 2 N–H and O–H groups in total. The SMILES string of the molecule is COC1CC(NS(=O)(=O)C(C)C(=O)O)C1(C)C. The molecule has 0 saturated heterocycles. The number of ether oxygens (including phenoxy) is 1. The molecule has 1 aliphatic rings. The lowest BCUT2D eigenvalue weighted by Gasteiger charge is -2.51. The molecule has 7 heteroatoms. The zero-order valence-corrected chi connectivity index (χ0v) is 11.2. The number of carboxylic acids is 1. The van der Waals surface area contributed by atoms with E-state index in [2.05, 4.69) is 4.72 Å². The summed E-state index contributed by atoms with van der Waals surface area (Å²) in [6.07, 6.45) is 0.560. The van der Waals surface area contributed by atoms with E-state index in [1.54, 1.807) is 7.11 Å². The molecular formula is C10H19NO5S. The molecule has 0 heterocycles. The van der Waals surface area contributed by atoms with Crippen LogP contribution in [-0.2, 0) is 19.6 Å². The standard InChI is InChI=1S/C10H19NO5S/c1-6(9(12)13)17(14,15)11-7-5-8(16-4)10(7,2)3/h6-8,11H,5H2,1-4H3,(H,12,13). The lowest BCUT2D eigenvalue weighted by molar-refractivity contribution is -0.136. The number of hydrogen-bond acceptors (Lipinski definition) is 4. The molecule has 1 fully saturated rings. The Bertz CT molecular complexity index is 403. The lowest BCUT2D eigenvalue weighted by atomic mass is 9.65. The highest BCUT2D eigenvalue weighted by atomic mass is 32.2. The average Bonchev–Trinajstić information content (AvgIpc) is 2.22. The fraction of sp³-hybridized carbons (Fsp3) is 0.900. The van der Waals surface area contributed by atoms with Crippen LogP contribution in [-0.4, -0.2) is 44.0 Å². The normalized spacial score (nSPS) is 29.4. The summed E-state index contributed by atoms with van der Waals surface area (Å²) in [6, 6.07) is -0.278. The molecule has 1 rings (SSSR count). The minimum absolute atomic E-state index is 0.00432. The maximum Gasteiger partial charge on any atom is 0.323 e. The molecule has 6 nitrogen and oxygen atoms in total. The van der Waals surface area contributed by atoms with E-state index in [0.717, 1.165) is 6.92 Å². The van der Waals surface area contributed by atoms with Gasteiger partial charge in [0, 0.05) is 18.6 Å². The van der Waals surface area contributed by atoms with Crippen molar-refractivity contribution in [2.45, 2.75) is 44.6 Å². The predicted octanol–water partition coefficient (Wildman–Crippen LogP) is 0.192. The molecule has 0 amide bonds. The Labute approximate surface area is 101 Å². The topological polar surface area (TPSA) is 92.7 Å². The largest absolute Gasteiger partial charge is 0.480 e. The van der Waals surface area contributed by atoms with Crippen molar-refractivity contribution in [2.75, 3.05) is 7.11 Å². The predicted molar refractivity (Wildman–Crippen MR) is 62.1 cm³/mol. The highest BCUT2D eigenvalue weighted by Crippen LogP contribution is 2.42. The third-order valence-corrected chi connectivity index (χ3v) is 5.33. The van der Waals surface area contributed by atoms with Crippen LogP contribution in [0.25, 0.3) is 0 Å². The number of carboxylic acid groups (broad SMARTS) is 1. The number of carbonyl (C=O) groups is 1. The van der Waals surface area contributed by atoms with Crippen molar-refractivity contribution in [3.8, 4) is 0 Å². The van der Waals surface area contributed by atoms with Crippen LogP contribution in [0.3, 0.4) is 0 Å². The zero-order chi connectivity index (χ0) is 13.4. The van der Waals surface area contributed by atoms with Crippen LogP contribution in [0.15, 0.2) is 0 Å². The van der Waals surface area contributed by atoms with Crippen LogP contribution in [0.5, 0.6) is 0 Å². The molecule has 0 aliphatic heterocycles. The van der Waals surface area contributed by atoms with Crippen molar-refractivity contribution < 1.29 is 23.1 Å². The second-order valence-corrected chi connectivity index (χ2v) is 7.01. The first kappa shape index (κ1) is 14.4. The molecule has 0 bridgehead atoms. The van der Waals surface area contributed by atoms with Crippen LogP contribution >= 0.6 is 0 Å². The van der Waals surface area contributed by atoms with Gasteiger partial charge in [-0.2, -0.15) is 0 Å². The summed E-state index contributed by atoms with van der Waals surface area (Å²) < 4.78 is 31.1. The molecule has 100 valence electrons. The first-order chi connectivity index (χ1) is 7.63. The Morgan fingerprint density at radius 1 is 1.53 bits per heavy atom. The smallest absolute Gasteiger partial charge is 0.323 e. The van der Waals surface area contributed by atoms with Gasteiger partial charge >= 0.3 is 5.97 Å². The van der Waals surface area contributed by atoms with Gasteiger partial charge in [-0.05, 0) is 13.3 Å². The van der Waals surface area contributed by atoms with Gasteiger partial charge in [-0.3, -0.25) is 4.79 Å². The van der Waals surface area contributed by atoms with Gasteiger partial charge < -0.3 is 9.84 Å². The number of aliphatic carboxylic acids is 1. The molecule has 0 radical (unpaired) electrons. The molecule has 0 aromatic rings. The van der Waals surface area contributed by atoms with Gasteiger partial charge in [0.25, 0.3) is 0 Å². The highest BCUT2D eigenvalue weighted by molar-refractivity contribution is 7.90. The van der Waals surface area contributed by atoms with Crippen LogP contribution in [0.2, 0.25) is 0 Å². The zero-order valence-electron chi connectivity index (χ0n) is 10.4. The number of nitrogens with one attached hydrogen (secondary N) is 1. The summed E-state index contributed by atoms with van der Waals surface area (Å²) in [5.74, 6) is -1.35. The van der Waals surface area contributed by atoms with E-state index in [0.29, 0.717) is 6.42 Å². The van der Waals surface area contributed by atoms with Gasteiger partial charge in [0.2, 0.25) is 10.0 Å². The number of hydrogen-bond donors (Lipinski definition) is 2. The monoisotopic (exact) mass is 265 g/mol. The van der Waals surface area contributed by atoms with Crippen LogP contribution in [0, 0.1) is 5.41 Å². The molecular weight excluding hydrogens is 246 g/mol. The summed E-state index contributed by atoms with van der Waals surface area (Å²) in [5.41, 5.74) is -0.319. The Morgan fingerprint density at radius 3 is 2.41 bits per heavy atom. The lowest BCUT2D eigenvalue weighted by Crippen LogP contribution is -2.62. The molecule has 3 unspecified atom stereocenters. The Balaban J connectivity index is 2.72. The van der Waals surface area contributed by atoms with Gasteiger partial charge in [-0.1, -0.05) is 13.8 Å².